The van der Waals surface area contributed by atoms with E-state index in [1.165, 1.54) is 11.1 Å². The molecule has 7 nitrogen and oxygen atoms in total. The first-order chi connectivity index (χ1) is 13.0. The molecule has 0 saturated carbocycles. The third-order valence-electron chi connectivity index (χ3n) is 4.45. The summed E-state index contributed by atoms with van der Waals surface area (Å²) in [6.45, 7) is 1.52. The summed E-state index contributed by atoms with van der Waals surface area (Å²) < 4.78 is 0. The fourth-order valence-electron chi connectivity index (χ4n) is 3.05. The van der Waals surface area contributed by atoms with Gasteiger partial charge in [-0.25, -0.2) is 9.97 Å². The van der Waals surface area contributed by atoms with E-state index in [1.807, 2.05) is 35.2 Å². The van der Waals surface area contributed by atoms with Gasteiger partial charge in [0.2, 0.25) is 5.95 Å². The molecule has 1 saturated heterocycles. The maximum absolute atomic E-state index is 13.0. The van der Waals surface area contributed by atoms with Gasteiger partial charge in [-0.1, -0.05) is 41.9 Å². The number of aliphatic carboxylic acids is 1. The fraction of sp³-hybridized carbons (Fsp3) is 0.368. The molecule has 1 fully saturated rings. The lowest BCUT2D eigenvalue weighted by Crippen LogP contribution is -2.38. The van der Waals surface area contributed by atoms with E-state index in [-0.39, 0.29) is 17.3 Å². The Morgan fingerprint density at radius 1 is 1.19 bits per heavy atom. The maximum atomic E-state index is 13.0. The van der Waals surface area contributed by atoms with Gasteiger partial charge < -0.3 is 14.9 Å². The second-order valence-electron chi connectivity index (χ2n) is 6.42. The van der Waals surface area contributed by atoms with Crippen molar-refractivity contribution in [2.24, 2.45) is 0 Å². The summed E-state index contributed by atoms with van der Waals surface area (Å²) >= 11 is 6.16. The molecule has 0 atom stereocenters. The van der Waals surface area contributed by atoms with Crippen LogP contribution >= 0.6 is 11.6 Å². The van der Waals surface area contributed by atoms with Crippen LogP contribution in [0.15, 0.2) is 36.5 Å². The van der Waals surface area contributed by atoms with Crippen LogP contribution in [0, 0.1) is 0 Å². The minimum atomic E-state index is -1.08. The first kappa shape index (κ1) is 19.1. The zero-order valence-electron chi connectivity index (χ0n) is 14.8. The molecule has 27 heavy (non-hydrogen) atoms. The number of halogens is 1. The van der Waals surface area contributed by atoms with Gasteiger partial charge in [-0.2, -0.15) is 0 Å². The highest BCUT2D eigenvalue weighted by Gasteiger charge is 2.24. The number of amides is 1. The smallest absolute Gasteiger partial charge is 0.323 e. The van der Waals surface area contributed by atoms with Crippen molar-refractivity contribution < 1.29 is 14.7 Å². The van der Waals surface area contributed by atoms with Gasteiger partial charge in [-0.15, -0.1) is 0 Å². The van der Waals surface area contributed by atoms with Gasteiger partial charge in [0.1, 0.15) is 6.54 Å². The van der Waals surface area contributed by atoms with Crippen LogP contribution in [0.1, 0.15) is 28.9 Å². The number of carboxylic acid groups (broad SMARTS) is 1. The van der Waals surface area contributed by atoms with Crippen molar-refractivity contribution in [3.05, 3.63) is 52.8 Å². The molecule has 0 spiro atoms. The Labute approximate surface area is 162 Å². The molecule has 2 aromatic rings. The summed E-state index contributed by atoms with van der Waals surface area (Å²) in [6, 6.07) is 9.59. The Morgan fingerprint density at radius 3 is 2.56 bits per heavy atom. The third-order valence-corrected chi connectivity index (χ3v) is 4.73. The van der Waals surface area contributed by atoms with E-state index in [2.05, 4.69) is 9.97 Å². The topological polar surface area (TPSA) is 86.6 Å². The molecule has 8 heteroatoms. The minimum absolute atomic E-state index is 0.0443. The number of rotatable bonds is 7. The molecule has 142 valence electrons. The molecule has 0 unspecified atom stereocenters. The standard InChI is InChI=1S/C19H21ClN4O3/c20-15-12-21-19(23-9-4-5-10-23)22-17(15)18(27)24(13-16(25)26)11-8-14-6-2-1-3-7-14/h1-3,6-7,12H,4-5,8-11,13H2,(H,25,26). The highest BCUT2D eigenvalue weighted by Crippen LogP contribution is 2.21. The number of aromatic nitrogens is 2. The van der Waals surface area contributed by atoms with Gasteiger partial charge in [0.25, 0.3) is 5.91 Å². The summed E-state index contributed by atoms with van der Waals surface area (Å²) in [5.74, 6) is -1.12. The molecule has 3 rings (SSSR count). The molecule has 0 bridgehead atoms. The Balaban J connectivity index is 1.80. The third kappa shape index (κ3) is 4.95. The zero-order valence-corrected chi connectivity index (χ0v) is 15.6. The van der Waals surface area contributed by atoms with Crippen LogP contribution in [0.5, 0.6) is 0 Å². The van der Waals surface area contributed by atoms with Crippen LogP contribution in [0.4, 0.5) is 5.95 Å². The van der Waals surface area contributed by atoms with Crippen LogP contribution in [-0.2, 0) is 11.2 Å². The Morgan fingerprint density at radius 2 is 1.89 bits per heavy atom. The first-order valence-electron chi connectivity index (χ1n) is 8.87. The number of benzene rings is 1. The van der Waals surface area contributed by atoms with Gasteiger partial charge in [-0.3, -0.25) is 9.59 Å². The van der Waals surface area contributed by atoms with Crippen molar-refractivity contribution in [1.29, 1.82) is 0 Å². The lowest BCUT2D eigenvalue weighted by Gasteiger charge is -2.22. The Bertz CT molecular complexity index is 810. The molecule has 1 amide bonds. The van der Waals surface area contributed by atoms with Crippen LogP contribution in [0.25, 0.3) is 0 Å². The van der Waals surface area contributed by atoms with Crippen LogP contribution in [0.3, 0.4) is 0 Å². The summed E-state index contributed by atoms with van der Waals surface area (Å²) in [5, 5.41) is 9.33. The van der Waals surface area contributed by atoms with E-state index in [1.54, 1.807) is 0 Å². The Hall–Kier alpha value is -2.67. The summed E-state index contributed by atoms with van der Waals surface area (Å²) in [5.41, 5.74) is 1.06. The first-order valence-corrected chi connectivity index (χ1v) is 9.25. The molecule has 2 heterocycles. The summed E-state index contributed by atoms with van der Waals surface area (Å²) in [6.07, 6.45) is 4.06. The number of hydrogen-bond donors (Lipinski definition) is 1. The van der Waals surface area contributed by atoms with E-state index < -0.39 is 18.4 Å². The zero-order chi connectivity index (χ0) is 19.2. The number of carboxylic acids is 1. The molecular weight excluding hydrogens is 368 g/mol. The molecule has 1 aromatic carbocycles. The fourth-order valence-corrected chi connectivity index (χ4v) is 3.22. The number of carbonyl (C=O) groups is 2. The SMILES string of the molecule is O=C(O)CN(CCc1ccccc1)C(=O)c1nc(N2CCCC2)ncc1Cl. The van der Waals surface area contributed by atoms with Crippen molar-refractivity contribution >= 4 is 29.4 Å². The number of hydrogen-bond acceptors (Lipinski definition) is 5. The van der Waals surface area contributed by atoms with Crippen molar-refractivity contribution in [2.45, 2.75) is 19.3 Å². The molecule has 1 aromatic heterocycles. The minimum Gasteiger partial charge on any atom is -0.480 e. The van der Waals surface area contributed by atoms with Gasteiger partial charge in [0.15, 0.2) is 5.69 Å². The second kappa shape index (κ2) is 8.81. The quantitative estimate of drug-likeness (QED) is 0.784. The normalized spacial score (nSPS) is 13.6. The van der Waals surface area contributed by atoms with Crippen LogP contribution in [0.2, 0.25) is 5.02 Å². The Kier molecular flexibility index (Phi) is 6.24. The van der Waals surface area contributed by atoms with Crippen molar-refractivity contribution in [3.8, 4) is 0 Å². The highest BCUT2D eigenvalue weighted by atomic mass is 35.5. The summed E-state index contributed by atoms with van der Waals surface area (Å²) in [4.78, 5) is 36.0. The van der Waals surface area contributed by atoms with E-state index in [0.29, 0.717) is 12.4 Å². The number of carbonyl (C=O) groups excluding carboxylic acids is 1. The highest BCUT2D eigenvalue weighted by molar-refractivity contribution is 6.33. The van der Waals surface area contributed by atoms with Crippen molar-refractivity contribution in [1.82, 2.24) is 14.9 Å². The molecular formula is C19H21ClN4O3. The van der Waals surface area contributed by atoms with Gasteiger partial charge in [0.05, 0.1) is 11.2 Å². The van der Waals surface area contributed by atoms with E-state index in [4.69, 9.17) is 11.6 Å². The molecule has 0 radical (unpaired) electrons. The number of nitrogens with zero attached hydrogens (tertiary/aromatic N) is 4. The molecule has 1 aliphatic heterocycles. The van der Waals surface area contributed by atoms with E-state index in [0.717, 1.165) is 31.5 Å². The maximum Gasteiger partial charge on any atom is 0.323 e. The van der Waals surface area contributed by atoms with E-state index >= 15 is 0 Å². The van der Waals surface area contributed by atoms with Gasteiger partial charge in [0, 0.05) is 19.6 Å². The molecule has 1 aliphatic rings. The molecule has 1 N–H and O–H groups in total. The summed E-state index contributed by atoms with van der Waals surface area (Å²) in [7, 11) is 0. The lowest BCUT2D eigenvalue weighted by molar-refractivity contribution is -0.137. The monoisotopic (exact) mass is 388 g/mol. The average Bonchev–Trinajstić information content (AvgIpc) is 3.20. The van der Waals surface area contributed by atoms with Crippen molar-refractivity contribution in [2.75, 3.05) is 31.1 Å². The lowest BCUT2D eigenvalue weighted by atomic mass is 10.1. The van der Waals surface area contributed by atoms with Crippen LogP contribution in [-0.4, -0.2) is 58.0 Å². The van der Waals surface area contributed by atoms with Crippen molar-refractivity contribution in [3.63, 3.8) is 0 Å². The second-order valence-corrected chi connectivity index (χ2v) is 6.82. The average molecular weight is 389 g/mol. The predicted octanol–water partition coefficient (Wildman–Crippen LogP) is 2.50. The number of anilines is 1. The largest absolute Gasteiger partial charge is 0.480 e. The van der Waals surface area contributed by atoms with Crippen LogP contribution < -0.4 is 4.90 Å². The molecule has 0 aliphatic carbocycles. The van der Waals surface area contributed by atoms with E-state index in [9.17, 15) is 14.7 Å². The van der Waals surface area contributed by atoms with Gasteiger partial charge >= 0.3 is 5.97 Å². The predicted molar refractivity (Wildman–Crippen MR) is 102 cm³/mol. The van der Waals surface area contributed by atoms with Gasteiger partial charge in [-0.05, 0) is 24.8 Å².